The molecular formula is C22H22N6O4. The van der Waals surface area contributed by atoms with Gasteiger partial charge in [0.15, 0.2) is 11.5 Å². The van der Waals surface area contributed by atoms with Crippen molar-refractivity contribution in [1.29, 1.82) is 0 Å². The van der Waals surface area contributed by atoms with E-state index in [2.05, 4.69) is 25.7 Å². The summed E-state index contributed by atoms with van der Waals surface area (Å²) >= 11 is 0. The molecule has 0 saturated carbocycles. The maximum Gasteiger partial charge on any atom is 0.274 e. The van der Waals surface area contributed by atoms with E-state index in [0.717, 1.165) is 18.5 Å². The number of piperidine rings is 1. The highest BCUT2D eigenvalue weighted by molar-refractivity contribution is 5.93. The van der Waals surface area contributed by atoms with E-state index < -0.39 is 0 Å². The van der Waals surface area contributed by atoms with Crippen molar-refractivity contribution in [2.75, 3.05) is 13.1 Å². The molecule has 5 heterocycles. The van der Waals surface area contributed by atoms with Gasteiger partial charge in [0, 0.05) is 30.8 Å². The molecule has 1 aliphatic rings. The number of furan rings is 2. The minimum Gasteiger partial charge on any atom is -0.467 e. The molecule has 10 heteroatoms. The highest BCUT2D eigenvalue weighted by Gasteiger charge is 2.27. The lowest BCUT2D eigenvalue weighted by Gasteiger charge is -2.30. The Bertz CT molecular complexity index is 1180. The van der Waals surface area contributed by atoms with Gasteiger partial charge in [-0.1, -0.05) is 0 Å². The third-order valence-corrected chi connectivity index (χ3v) is 5.64. The van der Waals surface area contributed by atoms with Gasteiger partial charge >= 0.3 is 0 Å². The average Bonchev–Trinajstić information content (AvgIpc) is 3.64. The number of hydrogen-bond acceptors (Lipinski definition) is 6. The number of carbonyl (C=O) groups is 2. The number of hydrogen-bond donors (Lipinski definition) is 3. The van der Waals surface area contributed by atoms with Crippen LogP contribution in [0.15, 0.2) is 57.8 Å². The lowest BCUT2D eigenvalue weighted by molar-refractivity contribution is 0.0706. The van der Waals surface area contributed by atoms with Crippen LogP contribution in [0.5, 0.6) is 0 Å². The third-order valence-electron chi connectivity index (χ3n) is 5.64. The van der Waals surface area contributed by atoms with Crippen molar-refractivity contribution in [2.45, 2.75) is 25.3 Å². The Morgan fingerprint density at radius 2 is 1.81 bits per heavy atom. The van der Waals surface area contributed by atoms with Gasteiger partial charge in [0.1, 0.15) is 17.1 Å². The molecule has 5 rings (SSSR count). The van der Waals surface area contributed by atoms with Crippen LogP contribution in [0.25, 0.3) is 11.5 Å². The number of nitrogens with zero attached hydrogens (tertiary/aromatic N) is 3. The van der Waals surface area contributed by atoms with Crippen LogP contribution in [0, 0.1) is 0 Å². The number of carbonyl (C=O) groups excluding carboxylic acids is 2. The second-order valence-corrected chi connectivity index (χ2v) is 7.68. The summed E-state index contributed by atoms with van der Waals surface area (Å²) in [5.41, 5.74) is 2.28. The zero-order chi connectivity index (χ0) is 21.9. The molecule has 0 unspecified atom stereocenters. The molecule has 3 N–H and O–H groups in total. The van der Waals surface area contributed by atoms with Crippen molar-refractivity contribution in [3.8, 4) is 11.5 Å². The predicted octanol–water partition coefficient (Wildman–Crippen LogP) is 2.94. The molecule has 0 aromatic carbocycles. The minimum atomic E-state index is -0.262. The van der Waals surface area contributed by atoms with Crippen LogP contribution in [0.1, 0.15) is 51.2 Å². The molecule has 4 aromatic rings. The summed E-state index contributed by atoms with van der Waals surface area (Å²) in [7, 11) is 0. The van der Waals surface area contributed by atoms with E-state index in [0.29, 0.717) is 48.2 Å². The minimum absolute atomic E-state index is 0.111. The van der Waals surface area contributed by atoms with Gasteiger partial charge < -0.3 is 19.1 Å². The van der Waals surface area contributed by atoms with Crippen molar-refractivity contribution in [3.63, 3.8) is 0 Å². The van der Waals surface area contributed by atoms with Crippen LogP contribution >= 0.6 is 0 Å². The fraction of sp³-hybridized carbons (Fsp3) is 0.273. The summed E-state index contributed by atoms with van der Waals surface area (Å²) in [6, 6.07) is 10.6. The lowest BCUT2D eigenvalue weighted by Crippen LogP contribution is -2.38. The number of likely N-dealkylation sites (tertiary alicyclic amines) is 1. The maximum atomic E-state index is 12.8. The van der Waals surface area contributed by atoms with Crippen molar-refractivity contribution in [3.05, 3.63) is 71.8 Å². The second-order valence-electron chi connectivity index (χ2n) is 7.68. The van der Waals surface area contributed by atoms with Gasteiger partial charge in [0.05, 0.1) is 19.1 Å². The van der Waals surface area contributed by atoms with Crippen molar-refractivity contribution in [2.24, 2.45) is 0 Å². The average molecular weight is 434 g/mol. The molecular weight excluding hydrogens is 412 g/mol. The van der Waals surface area contributed by atoms with E-state index in [9.17, 15) is 9.59 Å². The van der Waals surface area contributed by atoms with E-state index >= 15 is 0 Å². The van der Waals surface area contributed by atoms with E-state index in [4.69, 9.17) is 8.83 Å². The van der Waals surface area contributed by atoms with Gasteiger partial charge in [-0.25, -0.2) is 0 Å². The third kappa shape index (κ3) is 4.07. The Morgan fingerprint density at radius 1 is 1.03 bits per heavy atom. The van der Waals surface area contributed by atoms with Gasteiger partial charge in [0.25, 0.3) is 11.8 Å². The Morgan fingerprint density at radius 3 is 2.56 bits per heavy atom. The molecule has 10 nitrogen and oxygen atoms in total. The number of nitrogens with one attached hydrogen (secondary N) is 3. The molecule has 0 radical (unpaired) electrons. The first kappa shape index (κ1) is 19.9. The Kier molecular flexibility index (Phi) is 5.32. The van der Waals surface area contributed by atoms with Crippen molar-refractivity contribution >= 4 is 11.8 Å². The van der Waals surface area contributed by atoms with Gasteiger partial charge in [-0.3, -0.25) is 19.8 Å². The molecule has 0 spiro atoms. The van der Waals surface area contributed by atoms with Gasteiger partial charge in [-0.15, -0.1) is 0 Å². The normalized spacial score (nSPS) is 14.6. The smallest absolute Gasteiger partial charge is 0.274 e. The number of H-pyrrole nitrogens is 2. The van der Waals surface area contributed by atoms with E-state index in [1.807, 2.05) is 6.07 Å². The van der Waals surface area contributed by atoms with Crippen LogP contribution in [-0.2, 0) is 6.54 Å². The monoisotopic (exact) mass is 434 g/mol. The SMILES string of the molecule is O=C(NCc1ccco1)c1cc(C2CCN(C(=O)c3cc(-c4ccco4)[nH]n3)CC2)[nH]n1. The van der Waals surface area contributed by atoms with Gasteiger partial charge in [-0.05, 0) is 43.2 Å². The summed E-state index contributed by atoms with van der Waals surface area (Å²) in [4.78, 5) is 26.9. The molecule has 1 saturated heterocycles. The van der Waals surface area contributed by atoms with Crippen molar-refractivity contribution in [1.82, 2.24) is 30.6 Å². The van der Waals surface area contributed by atoms with Crippen LogP contribution in [0.4, 0.5) is 0 Å². The number of amides is 2. The quantitative estimate of drug-likeness (QED) is 0.427. The van der Waals surface area contributed by atoms with Gasteiger partial charge in [-0.2, -0.15) is 10.2 Å². The number of aromatic amines is 2. The Labute approximate surface area is 183 Å². The van der Waals surface area contributed by atoms with Crippen LogP contribution in [0.2, 0.25) is 0 Å². The molecule has 4 aromatic heterocycles. The molecule has 32 heavy (non-hydrogen) atoms. The Hall–Kier alpha value is -4.08. The fourth-order valence-corrected chi connectivity index (χ4v) is 3.88. The molecule has 164 valence electrons. The largest absolute Gasteiger partial charge is 0.467 e. The molecule has 1 fully saturated rings. The van der Waals surface area contributed by atoms with Crippen LogP contribution < -0.4 is 5.32 Å². The number of aromatic nitrogens is 4. The van der Waals surface area contributed by atoms with E-state index in [1.54, 1.807) is 47.8 Å². The first-order valence-electron chi connectivity index (χ1n) is 10.4. The van der Waals surface area contributed by atoms with Gasteiger partial charge in [0.2, 0.25) is 0 Å². The lowest BCUT2D eigenvalue weighted by atomic mass is 9.93. The molecule has 0 atom stereocenters. The predicted molar refractivity (Wildman–Crippen MR) is 113 cm³/mol. The first-order valence-corrected chi connectivity index (χ1v) is 10.4. The second kappa shape index (κ2) is 8.58. The Balaban J connectivity index is 1.15. The highest BCUT2D eigenvalue weighted by Crippen LogP contribution is 2.28. The molecule has 0 aliphatic carbocycles. The molecule has 2 amide bonds. The first-order chi connectivity index (χ1) is 15.7. The summed E-state index contributed by atoms with van der Waals surface area (Å²) in [6.07, 6.45) is 4.69. The summed E-state index contributed by atoms with van der Waals surface area (Å²) in [5, 5.41) is 16.9. The molecule has 0 bridgehead atoms. The summed E-state index contributed by atoms with van der Waals surface area (Å²) in [5.74, 6) is 1.15. The standard InChI is InChI=1S/C22H22N6O4/c29-21(23-13-15-3-1-9-31-15)18-11-16(24-26-18)14-5-7-28(8-6-14)22(30)19-12-17(25-27-19)20-4-2-10-32-20/h1-4,9-12,14H,5-8,13H2,(H,23,29)(H,24,26)(H,25,27). The summed E-state index contributed by atoms with van der Waals surface area (Å²) < 4.78 is 10.6. The maximum absolute atomic E-state index is 12.8. The molecule has 1 aliphatic heterocycles. The number of rotatable bonds is 6. The van der Waals surface area contributed by atoms with Crippen LogP contribution in [0.3, 0.4) is 0 Å². The highest BCUT2D eigenvalue weighted by atomic mass is 16.3. The summed E-state index contributed by atoms with van der Waals surface area (Å²) in [6.45, 7) is 1.51. The topological polar surface area (TPSA) is 133 Å². The van der Waals surface area contributed by atoms with E-state index in [-0.39, 0.29) is 17.7 Å². The van der Waals surface area contributed by atoms with Crippen LogP contribution in [-0.4, -0.2) is 50.2 Å². The zero-order valence-electron chi connectivity index (χ0n) is 17.2. The zero-order valence-corrected chi connectivity index (χ0v) is 17.2. The van der Waals surface area contributed by atoms with Crippen molar-refractivity contribution < 1.29 is 18.4 Å². The fourth-order valence-electron chi connectivity index (χ4n) is 3.88. The van der Waals surface area contributed by atoms with E-state index in [1.165, 1.54) is 0 Å².